The van der Waals surface area contributed by atoms with Gasteiger partial charge in [-0.2, -0.15) is 0 Å². The summed E-state index contributed by atoms with van der Waals surface area (Å²) in [5, 5.41) is 6.01. The van der Waals surface area contributed by atoms with E-state index >= 15 is 0 Å². The number of rotatable bonds is 5. The van der Waals surface area contributed by atoms with E-state index in [2.05, 4.69) is 15.6 Å². The molecule has 1 aliphatic rings. The Kier molecular flexibility index (Phi) is 6.41. The van der Waals surface area contributed by atoms with Gasteiger partial charge in [-0.15, -0.1) is 0 Å². The molecule has 3 rings (SSSR count). The normalized spacial score (nSPS) is 14.4. The van der Waals surface area contributed by atoms with Crippen LogP contribution < -0.4 is 10.6 Å². The molecule has 7 nitrogen and oxygen atoms in total. The van der Waals surface area contributed by atoms with E-state index in [9.17, 15) is 14.0 Å². The summed E-state index contributed by atoms with van der Waals surface area (Å²) < 4.78 is 18.3. The Morgan fingerprint density at radius 3 is 2.71 bits per heavy atom. The molecule has 2 N–H and O–H groups in total. The number of amides is 2. The van der Waals surface area contributed by atoms with Gasteiger partial charge in [0, 0.05) is 36.7 Å². The molecule has 2 heterocycles. The maximum absolute atomic E-state index is 13.3. The molecule has 0 unspecified atom stereocenters. The molecule has 0 spiro atoms. The first-order valence-electron chi connectivity index (χ1n) is 9.26. The highest BCUT2D eigenvalue weighted by atomic mass is 19.1. The number of nitrogens with zero attached hydrogens (tertiary/aromatic N) is 2. The highest BCUT2D eigenvalue weighted by Crippen LogP contribution is 2.18. The summed E-state index contributed by atoms with van der Waals surface area (Å²) in [4.78, 5) is 29.9. The van der Waals surface area contributed by atoms with Crippen LogP contribution in [0, 0.1) is 5.82 Å². The van der Waals surface area contributed by atoms with Gasteiger partial charge in [-0.3, -0.25) is 9.78 Å². The van der Waals surface area contributed by atoms with Crippen molar-refractivity contribution in [2.24, 2.45) is 0 Å². The molecular weight excluding hydrogens is 363 g/mol. The third kappa shape index (κ3) is 5.18. The van der Waals surface area contributed by atoms with E-state index in [1.54, 1.807) is 36.2 Å². The number of hydrogen-bond acceptors (Lipinski definition) is 5. The lowest BCUT2D eigenvalue weighted by molar-refractivity contribution is 0.0981. The third-order valence-electron chi connectivity index (χ3n) is 4.47. The number of pyridine rings is 1. The standard InChI is InChI=1S/C20H23FN4O3/c1-2-28-20(27)25-10-7-15(8-11-25)23-17-6-9-22-18(13-17)19(26)24-16-5-3-4-14(21)12-16/h3-6,9,12-13,15H,2,7-8,10-11H2,1H3,(H,22,23)(H,24,26). The number of aromatic nitrogens is 1. The molecule has 8 heteroatoms. The van der Waals surface area contributed by atoms with Crippen LogP contribution in [0.1, 0.15) is 30.3 Å². The number of benzene rings is 1. The van der Waals surface area contributed by atoms with Crippen molar-refractivity contribution in [3.8, 4) is 0 Å². The van der Waals surface area contributed by atoms with Crippen molar-refractivity contribution in [3.63, 3.8) is 0 Å². The van der Waals surface area contributed by atoms with Gasteiger partial charge in [-0.05, 0) is 50.1 Å². The van der Waals surface area contributed by atoms with Crippen molar-refractivity contribution in [3.05, 3.63) is 54.1 Å². The summed E-state index contributed by atoms with van der Waals surface area (Å²) in [6, 6.07) is 9.33. The Morgan fingerprint density at radius 2 is 2.00 bits per heavy atom. The molecule has 0 bridgehead atoms. The van der Waals surface area contributed by atoms with E-state index in [0.29, 0.717) is 25.4 Å². The Morgan fingerprint density at radius 1 is 1.21 bits per heavy atom. The number of hydrogen-bond donors (Lipinski definition) is 2. The van der Waals surface area contributed by atoms with Crippen LogP contribution in [0.5, 0.6) is 0 Å². The van der Waals surface area contributed by atoms with Gasteiger partial charge in [0.1, 0.15) is 11.5 Å². The van der Waals surface area contributed by atoms with Crippen molar-refractivity contribution in [1.29, 1.82) is 0 Å². The lowest BCUT2D eigenvalue weighted by Gasteiger charge is -2.32. The highest BCUT2D eigenvalue weighted by molar-refractivity contribution is 6.03. The van der Waals surface area contributed by atoms with E-state index in [1.165, 1.54) is 18.2 Å². The fraction of sp³-hybridized carbons (Fsp3) is 0.350. The lowest BCUT2D eigenvalue weighted by atomic mass is 10.1. The Hall–Kier alpha value is -3.16. The SMILES string of the molecule is CCOC(=O)N1CCC(Nc2ccnc(C(=O)Nc3cccc(F)c3)c2)CC1. The maximum Gasteiger partial charge on any atom is 0.409 e. The van der Waals surface area contributed by atoms with E-state index in [0.717, 1.165) is 18.5 Å². The zero-order valence-electron chi connectivity index (χ0n) is 15.7. The number of piperidine rings is 1. The predicted molar refractivity (Wildman–Crippen MR) is 104 cm³/mol. The summed E-state index contributed by atoms with van der Waals surface area (Å²) >= 11 is 0. The largest absolute Gasteiger partial charge is 0.450 e. The third-order valence-corrected chi connectivity index (χ3v) is 4.47. The predicted octanol–water partition coefficient (Wildman–Crippen LogP) is 3.51. The molecule has 2 aromatic rings. The summed E-state index contributed by atoms with van der Waals surface area (Å²) in [6.07, 6.45) is 2.84. The molecule has 0 aliphatic carbocycles. The summed E-state index contributed by atoms with van der Waals surface area (Å²) in [5.41, 5.74) is 1.38. The van der Waals surface area contributed by atoms with E-state index in [4.69, 9.17) is 4.74 Å². The van der Waals surface area contributed by atoms with Crippen molar-refractivity contribution >= 4 is 23.4 Å². The highest BCUT2D eigenvalue weighted by Gasteiger charge is 2.23. The zero-order valence-corrected chi connectivity index (χ0v) is 15.7. The van der Waals surface area contributed by atoms with Crippen molar-refractivity contribution in [2.75, 3.05) is 30.3 Å². The zero-order chi connectivity index (χ0) is 19.9. The van der Waals surface area contributed by atoms with Crippen molar-refractivity contribution in [2.45, 2.75) is 25.8 Å². The number of anilines is 2. The molecule has 148 valence electrons. The van der Waals surface area contributed by atoms with Crippen LogP contribution in [-0.4, -0.2) is 47.6 Å². The van der Waals surface area contributed by atoms with Gasteiger partial charge in [0.15, 0.2) is 0 Å². The van der Waals surface area contributed by atoms with Crippen molar-refractivity contribution < 1.29 is 18.7 Å². The first-order chi connectivity index (χ1) is 13.5. The second kappa shape index (κ2) is 9.16. The van der Waals surface area contributed by atoms with Gasteiger partial charge >= 0.3 is 6.09 Å². The van der Waals surface area contributed by atoms with E-state index in [1.807, 2.05) is 0 Å². The van der Waals surface area contributed by atoms with Crippen LogP contribution in [0.15, 0.2) is 42.6 Å². The second-order valence-corrected chi connectivity index (χ2v) is 6.50. The number of halogens is 1. The smallest absolute Gasteiger partial charge is 0.409 e. The van der Waals surface area contributed by atoms with Crippen LogP contribution in [0.4, 0.5) is 20.6 Å². The molecule has 1 saturated heterocycles. The summed E-state index contributed by atoms with van der Waals surface area (Å²) in [6.45, 7) is 3.40. The molecule has 1 fully saturated rings. The number of nitrogens with one attached hydrogen (secondary N) is 2. The van der Waals surface area contributed by atoms with Crippen LogP contribution >= 0.6 is 0 Å². The minimum atomic E-state index is -0.421. The van der Waals surface area contributed by atoms with Gasteiger partial charge in [0.25, 0.3) is 5.91 Å². The molecule has 0 radical (unpaired) electrons. The molecule has 0 atom stereocenters. The number of carbonyl (C=O) groups excluding carboxylic acids is 2. The van der Waals surface area contributed by atoms with Gasteiger partial charge in [-0.25, -0.2) is 9.18 Å². The summed E-state index contributed by atoms with van der Waals surface area (Å²) in [7, 11) is 0. The Labute approximate surface area is 162 Å². The van der Waals surface area contributed by atoms with Crippen LogP contribution in [-0.2, 0) is 4.74 Å². The average molecular weight is 386 g/mol. The van der Waals surface area contributed by atoms with E-state index in [-0.39, 0.29) is 17.8 Å². The minimum Gasteiger partial charge on any atom is -0.450 e. The Bertz CT molecular complexity index is 838. The number of likely N-dealkylation sites (tertiary alicyclic amines) is 1. The van der Waals surface area contributed by atoms with Crippen molar-refractivity contribution in [1.82, 2.24) is 9.88 Å². The first kappa shape index (κ1) is 19.6. The van der Waals surface area contributed by atoms with Gasteiger partial charge in [0.2, 0.25) is 0 Å². The Balaban J connectivity index is 1.56. The molecule has 28 heavy (non-hydrogen) atoms. The monoisotopic (exact) mass is 386 g/mol. The van der Waals surface area contributed by atoms with Crippen LogP contribution in [0.3, 0.4) is 0 Å². The number of ether oxygens (including phenoxy) is 1. The maximum atomic E-state index is 13.3. The molecule has 1 aromatic carbocycles. The fourth-order valence-electron chi connectivity index (χ4n) is 3.06. The molecule has 2 amide bonds. The quantitative estimate of drug-likeness (QED) is 0.822. The first-order valence-corrected chi connectivity index (χ1v) is 9.26. The number of carbonyl (C=O) groups is 2. The van der Waals surface area contributed by atoms with Gasteiger partial charge in [-0.1, -0.05) is 6.07 Å². The molecule has 1 aromatic heterocycles. The van der Waals surface area contributed by atoms with Gasteiger partial charge in [0.05, 0.1) is 6.61 Å². The van der Waals surface area contributed by atoms with Crippen LogP contribution in [0.2, 0.25) is 0 Å². The average Bonchev–Trinajstić information content (AvgIpc) is 2.69. The molecule has 1 aliphatic heterocycles. The minimum absolute atomic E-state index is 0.187. The topological polar surface area (TPSA) is 83.6 Å². The van der Waals surface area contributed by atoms with Crippen LogP contribution in [0.25, 0.3) is 0 Å². The molecular formula is C20H23FN4O3. The lowest BCUT2D eigenvalue weighted by Crippen LogP contribution is -2.42. The van der Waals surface area contributed by atoms with Gasteiger partial charge < -0.3 is 20.3 Å². The molecule has 0 saturated carbocycles. The second-order valence-electron chi connectivity index (χ2n) is 6.50. The fourth-order valence-corrected chi connectivity index (χ4v) is 3.06. The van der Waals surface area contributed by atoms with E-state index < -0.39 is 11.7 Å². The summed E-state index contributed by atoms with van der Waals surface area (Å²) in [5.74, 6) is -0.832.